The van der Waals surface area contributed by atoms with E-state index in [1.807, 2.05) is 12.1 Å². The van der Waals surface area contributed by atoms with Crippen LogP contribution in [0.15, 0.2) is 12.1 Å². The molecular formula is C14H24ClN3. The standard InChI is InChI=1S/C14H24ClN3/c1-10(2)8-18(9-11(3)4)14-6-5-12(15)13(7-16)17-14/h5-6,10-11H,7-9,16H2,1-4H3. The van der Waals surface area contributed by atoms with Gasteiger partial charge in [0.2, 0.25) is 0 Å². The highest BCUT2D eigenvalue weighted by atomic mass is 35.5. The number of nitrogens with zero attached hydrogens (tertiary/aromatic N) is 2. The minimum Gasteiger partial charge on any atom is -0.356 e. The molecule has 0 saturated carbocycles. The van der Waals surface area contributed by atoms with Crippen molar-refractivity contribution in [3.8, 4) is 0 Å². The largest absolute Gasteiger partial charge is 0.356 e. The molecule has 0 amide bonds. The zero-order chi connectivity index (χ0) is 13.7. The van der Waals surface area contributed by atoms with Crippen LogP contribution in [0.2, 0.25) is 5.02 Å². The number of aromatic nitrogens is 1. The van der Waals surface area contributed by atoms with E-state index in [-0.39, 0.29) is 0 Å². The van der Waals surface area contributed by atoms with Crippen molar-refractivity contribution in [3.05, 3.63) is 22.8 Å². The minimum absolute atomic E-state index is 0.379. The maximum absolute atomic E-state index is 6.05. The van der Waals surface area contributed by atoms with Crippen LogP contribution in [-0.4, -0.2) is 18.1 Å². The molecule has 0 unspecified atom stereocenters. The summed E-state index contributed by atoms with van der Waals surface area (Å²) in [7, 11) is 0. The number of hydrogen-bond acceptors (Lipinski definition) is 3. The summed E-state index contributed by atoms with van der Waals surface area (Å²) in [6, 6.07) is 3.87. The fourth-order valence-corrected chi connectivity index (χ4v) is 2.12. The highest BCUT2D eigenvalue weighted by Crippen LogP contribution is 2.20. The third-order valence-corrected chi connectivity index (χ3v) is 2.94. The lowest BCUT2D eigenvalue weighted by atomic mass is 10.1. The molecule has 1 aromatic rings. The van der Waals surface area contributed by atoms with Crippen molar-refractivity contribution >= 4 is 17.4 Å². The number of halogens is 1. The van der Waals surface area contributed by atoms with E-state index < -0.39 is 0 Å². The SMILES string of the molecule is CC(C)CN(CC(C)C)c1ccc(Cl)c(CN)n1. The Hall–Kier alpha value is -0.800. The first-order valence-corrected chi connectivity index (χ1v) is 6.92. The number of rotatable bonds is 6. The van der Waals surface area contributed by atoms with Gasteiger partial charge >= 0.3 is 0 Å². The summed E-state index contributed by atoms with van der Waals surface area (Å²) in [4.78, 5) is 6.88. The Kier molecular flexibility index (Phi) is 5.89. The molecule has 1 aromatic heterocycles. The predicted molar refractivity (Wildman–Crippen MR) is 79.0 cm³/mol. The smallest absolute Gasteiger partial charge is 0.128 e. The fourth-order valence-electron chi connectivity index (χ4n) is 1.94. The van der Waals surface area contributed by atoms with Gasteiger partial charge in [0.25, 0.3) is 0 Å². The molecular weight excluding hydrogens is 246 g/mol. The van der Waals surface area contributed by atoms with Crippen LogP contribution in [0.3, 0.4) is 0 Å². The van der Waals surface area contributed by atoms with E-state index in [0.29, 0.717) is 23.4 Å². The number of pyridine rings is 1. The molecule has 0 aliphatic rings. The van der Waals surface area contributed by atoms with E-state index in [4.69, 9.17) is 17.3 Å². The number of anilines is 1. The minimum atomic E-state index is 0.379. The maximum Gasteiger partial charge on any atom is 0.128 e. The van der Waals surface area contributed by atoms with Crippen molar-refractivity contribution < 1.29 is 0 Å². The van der Waals surface area contributed by atoms with E-state index in [1.165, 1.54) is 0 Å². The average molecular weight is 270 g/mol. The third kappa shape index (κ3) is 4.46. The van der Waals surface area contributed by atoms with Gasteiger partial charge in [0.05, 0.1) is 10.7 Å². The van der Waals surface area contributed by atoms with Crippen LogP contribution in [-0.2, 0) is 6.54 Å². The molecule has 0 bridgehead atoms. The second-order valence-corrected chi connectivity index (χ2v) is 5.90. The molecule has 102 valence electrons. The van der Waals surface area contributed by atoms with Gasteiger partial charge in [-0.2, -0.15) is 0 Å². The van der Waals surface area contributed by atoms with Crippen LogP contribution in [0, 0.1) is 11.8 Å². The molecule has 0 spiro atoms. The summed E-state index contributed by atoms with van der Waals surface area (Å²) in [6.45, 7) is 11.2. The topological polar surface area (TPSA) is 42.1 Å². The summed E-state index contributed by atoms with van der Waals surface area (Å²) >= 11 is 6.05. The second-order valence-electron chi connectivity index (χ2n) is 5.49. The van der Waals surface area contributed by atoms with Crippen molar-refractivity contribution in [2.45, 2.75) is 34.2 Å². The highest BCUT2D eigenvalue weighted by molar-refractivity contribution is 6.31. The summed E-state index contributed by atoms with van der Waals surface area (Å²) in [5.74, 6) is 2.17. The van der Waals surface area contributed by atoms with E-state index in [0.717, 1.165) is 24.6 Å². The van der Waals surface area contributed by atoms with Crippen LogP contribution < -0.4 is 10.6 Å². The Bertz CT molecular complexity index is 367. The second kappa shape index (κ2) is 6.95. The lowest BCUT2D eigenvalue weighted by Gasteiger charge is -2.27. The molecule has 0 aliphatic heterocycles. The van der Waals surface area contributed by atoms with Gasteiger partial charge < -0.3 is 10.6 Å². The van der Waals surface area contributed by atoms with E-state index in [9.17, 15) is 0 Å². The molecule has 4 heteroatoms. The Labute approximate surface area is 115 Å². The molecule has 0 aromatic carbocycles. The van der Waals surface area contributed by atoms with Crippen molar-refractivity contribution in [3.63, 3.8) is 0 Å². The van der Waals surface area contributed by atoms with E-state index in [2.05, 4.69) is 37.6 Å². The van der Waals surface area contributed by atoms with Gasteiger partial charge in [-0.25, -0.2) is 4.98 Å². The van der Waals surface area contributed by atoms with E-state index >= 15 is 0 Å². The lowest BCUT2D eigenvalue weighted by molar-refractivity contribution is 0.548. The maximum atomic E-state index is 6.05. The molecule has 1 rings (SSSR count). The van der Waals surface area contributed by atoms with Gasteiger partial charge in [-0.15, -0.1) is 0 Å². The third-order valence-electron chi connectivity index (χ3n) is 2.59. The molecule has 1 heterocycles. The monoisotopic (exact) mass is 269 g/mol. The molecule has 18 heavy (non-hydrogen) atoms. The highest BCUT2D eigenvalue weighted by Gasteiger charge is 2.13. The van der Waals surface area contributed by atoms with Gasteiger partial charge in [0.15, 0.2) is 0 Å². The first kappa shape index (κ1) is 15.3. The van der Waals surface area contributed by atoms with Crippen LogP contribution in [0.25, 0.3) is 0 Å². The van der Waals surface area contributed by atoms with Crippen molar-refractivity contribution in [1.29, 1.82) is 0 Å². The lowest BCUT2D eigenvalue weighted by Crippen LogP contribution is -2.32. The molecule has 0 fully saturated rings. The van der Waals surface area contributed by atoms with Gasteiger partial charge in [-0.1, -0.05) is 39.3 Å². The molecule has 0 radical (unpaired) electrons. The van der Waals surface area contributed by atoms with Gasteiger partial charge in [0, 0.05) is 19.6 Å². The summed E-state index contributed by atoms with van der Waals surface area (Å²) in [6.07, 6.45) is 0. The first-order chi connectivity index (χ1) is 8.43. The van der Waals surface area contributed by atoms with Gasteiger partial charge in [-0.3, -0.25) is 0 Å². The summed E-state index contributed by atoms with van der Waals surface area (Å²) in [5, 5.41) is 0.648. The molecule has 3 nitrogen and oxygen atoms in total. The molecule has 2 N–H and O–H groups in total. The number of nitrogens with two attached hydrogens (primary N) is 1. The Morgan fingerprint density at radius 3 is 2.17 bits per heavy atom. The molecule has 0 saturated heterocycles. The Balaban J connectivity index is 2.96. The fraction of sp³-hybridized carbons (Fsp3) is 0.643. The quantitative estimate of drug-likeness (QED) is 0.862. The molecule has 0 aliphatic carbocycles. The normalized spacial score (nSPS) is 11.3. The van der Waals surface area contributed by atoms with Gasteiger partial charge in [-0.05, 0) is 24.0 Å². The van der Waals surface area contributed by atoms with Crippen LogP contribution >= 0.6 is 11.6 Å². The zero-order valence-electron chi connectivity index (χ0n) is 11.8. The van der Waals surface area contributed by atoms with Crippen LogP contribution in [0.1, 0.15) is 33.4 Å². The van der Waals surface area contributed by atoms with Crippen molar-refractivity contribution in [2.75, 3.05) is 18.0 Å². The van der Waals surface area contributed by atoms with Crippen molar-refractivity contribution in [1.82, 2.24) is 4.98 Å². The predicted octanol–water partition coefficient (Wildman–Crippen LogP) is 3.31. The van der Waals surface area contributed by atoms with Crippen LogP contribution in [0.5, 0.6) is 0 Å². The molecule has 0 atom stereocenters. The first-order valence-electron chi connectivity index (χ1n) is 6.54. The summed E-state index contributed by atoms with van der Waals surface area (Å²) < 4.78 is 0. The van der Waals surface area contributed by atoms with Crippen molar-refractivity contribution in [2.24, 2.45) is 17.6 Å². The average Bonchev–Trinajstić information content (AvgIpc) is 2.27. The zero-order valence-corrected chi connectivity index (χ0v) is 12.5. The summed E-state index contributed by atoms with van der Waals surface area (Å²) in [5.41, 5.74) is 6.43. The van der Waals surface area contributed by atoms with Crippen LogP contribution in [0.4, 0.5) is 5.82 Å². The van der Waals surface area contributed by atoms with E-state index in [1.54, 1.807) is 0 Å². The Morgan fingerprint density at radius 2 is 1.72 bits per heavy atom. The Morgan fingerprint density at radius 1 is 1.17 bits per heavy atom. The van der Waals surface area contributed by atoms with Gasteiger partial charge in [0.1, 0.15) is 5.82 Å². The number of hydrogen-bond donors (Lipinski definition) is 1.